The molecular weight excluding hydrogens is 235 g/mol. The maximum Gasteiger partial charge on any atom is 0.135 e. The van der Waals surface area contributed by atoms with Gasteiger partial charge >= 0.3 is 0 Å². The van der Waals surface area contributed by atoms with Gasteiger partial charge in [0.1, 0.15) is 23.1 Å². The molecule has 0 heterocycles. The minimum Gasteiger partial charge on any atom is -0.497 e. The highest BCUT2D eigenvalue weighted by molar-refractivity contribution is 5.40. The highest BCUT2D eigenvalue weighted by atomic mass is 19.1. The largest absolute Gasteiger partial charge is 0.497 e. The van der Waals surface area contributed by atoms with Crippen LogP contribution in [0.2, 0.25) is 0 Å². The fourth-order valence-corrected chi connectivity index (χ4v) is 1.58. The lowest BCUT2D eigenvalue weighted by Gasteiger charge is -2.11. The van der Waals surface area contributed by atoms with Gasteiger partial charge < -0.3 is 14.6 Å². The molecule has 0 aliphatic rings. The first-order valence-corrected chi connectivity index (χ1v) is 5.44. The SMILES string of the molecule is COc1cccc(Oc2cccc(F)c2CO)c1. The molecule has 2 aromatic carbocycles. The van der Waals surface area contributed by atoms with E-state index in [0.717, 1.165) is 0 Å². The van der Waals surface area contributed by atoms with Crippen LogP contribution in [0.4, 0.5) is 4.39 Å². The molecule has 0 aliphatic carbocycles. The van der Waals surface area contributed by atoms with E-state index in [0.29, 0.717) is 17.2 Å². The van der Waals surface area contributed by atoms with Crippen LogP contribution in [0.15, 0.2) is 42.5 Å². The van der Waals surface area contributed by atoms with Gasteiger partial charge in [-0.2, -0.15) is 0 Å². The summed E-state index contributed by atoms with van der Waals surface area (Å²) in [5.74, 6) is 0.979. The fraction of sp³-hybridized carbons (Fsp3) is 0.143. The Bertz CT molecular complexity index is 540. The molecule has 0 fully saturated rings. The van der Waals surface area contributed by atoms with E-state index < -0.39 is 12.4 Å². The molecule has 0 bridgehead atoms. The van der Waals surface area contributed by atoms with Gasteiger partial charge in [-0.25, -0.2) is 4.39 Å². The molecule has 0 saturated carbocycles. The van der Waals surface area contributed by atoms with Crippen LogP contribution < -0.4 is 9.47 Å². The third-order valence-electron chi connectivity index (χ3n) is 2.50. The first-order valence-electron chi connectivity index (χ1n) is 5.44. The van der Waals surface area contributed by atoms with Gasteiger partial charge in [0.05, 0.1) is 19.3 Å². The zero-order chi connectivity index (χ0) is 13.0. The third-order valence-corrected chi connectivity index (χ3v) is 2.50. The van der Waals surface area contributed by atoms with Crippen LogP contribution in [0, 0.1) is 5.82 Å². The average molecular weight is 248 g/mol. The van der Waals surface area contributed by atoms with Crippen molar-refractivity contribution in [1.29, 1.82) is 0 Å². The Morgan fingerprint density at radius 2 is 1.83 bits per heavy atom. The summed E-state index contributed by atoms with van der Waals surface area (Å²) in [5, 5.41) is 9.13. The maximum absolute atomic E-state index is 13.4. The van der Waals surface area contributed by atoms with Crippen LogP contribution in [0.1, 0.15) is 5.56 Å². The molecule has 0 unspecified atom stereocenters. The van der Waals surface area contributed by atoms with Gasteiger partial charge in [-0.1, -0.05) is 12.1 Å². The quantitative estimate of drug-likeness (QED) is 0.903. The zero-order valence-corrected chi connectivity index (χ0v) is 9.89. The van der Waals surface area contributed by atoms with E-state index in [4.69, 9.17) is 14.6 Å². The Kier molecular flexibility index (Phi) is 3.79. The van der Waals surface area contributed by atoms with Crippen LogP contribution in [0.3, 0.4) is 0 Å². The Hall–Kier alpha value is -2.07. The molecule has 0 spiro atoms. The predicted octanol–water partition coefficient (Wildman–Crippen LogP) is 3.12. The van der Waals surface area contributed by atoms with Gasteiger partial charge in [-0.05, 0) is 24.3 Å². The summed E-state index contributed by atoms with van der Waals surface area (Å²) in [5.41, 5.74) is 0.139. The van der Waals surface area contributed by atoms with Crippen LogP contribution in [-0.2, 0) is 6.61 Å². The van der Waals surface area contributed by atoms with Crippen LogP contribution in [0.25, 0.3) is 0 Å². The van der Waals surface area contributed by atoms with Crippen molar-refractivity contribution >= 4 is 0 Å². The van der Waals surface area contributed by atoms with Crippen molar-refractivity contribution in [3.05, 3.63) is 53.8 Å². The molecule has 2 rings (SSSR count). The van der Waals surface area contributed by atoms with E-state index in [1.807, 2.05) is 0 Å². The van der Waals surface area contributed by atoms with E-state index >= 15 is 0 Å². The Balaban J connectivity index is 2.30. The molecule has 4 heteroatoms. The summed E-state index contributed by atoms with van der Waals surface area (Å²) in [7, 11) is 1.56. The fourth-order valence-electron chi connectivity index (χ4n) is 1.58. The molecular formula is C14H13FO3. The summed E-state index contributed by atoms with van der Waals surface area (Å²) in [6, 6.07) is 11.4. The van der Waals surface area contributed by atoms with Gasteiger partial charge in [0.25, 0.3) is 0 Å². The lowest BCUT2D eigenvalue weighted by molar-refractivity contribution is 0.270. The molecule has 3 nitrogen and oxygen atoms in total. The monoisotopic (exact) mass is 248 g/mol. The second-order valence-electron chi connectivity index (χ2n) is 3.66. The molecule has 0 amide bonds. The van der Waals surface area contributed by atoms with E-state index in [1.54, 1.807) is 37.4 Å². The van der Waals surface area contributed by atoms with Crippen molar-refractivity contribution in [2.45, 2.75) is 6.61 Å². The van der Waals surface area contributed by atoms with Gasteiger partial charge in [0.15, 0.2) is 0 Å². The van der Waals surface area contributed by atoms with Crippen LogP contribution in [-0.4, -0.2) is 12.2 Å². The van der Waals surface area contributed by atoms with Crippen LogP contribution >= 0.6 is 0 Å². The van der Waals surface area contributed by atoms with Crippen molar-refractivity contribution in [1.82, 2.24) is 0 Å². The first-order chi connectivity index (χ1) is 8.74. The second kappa shape index (κ2) is 5.51. The summed E-state index contributed by atoms with van der Waals surface area (Å²) in [6.45, 7) is -0.411. The van der Waals surface area contributed by atoms with E-state index in [-0.39, 0.29) is 5.56 Å². The van der Waals surface area contributed by atoms with Crippen molar-refractivity contribution in [3.63, 3.8) is 0 Å². The van der Waals surface area contributed by atoms with E-state index in [9.17, 15) is 4.39 Å². The Labute approximate surface area is 104 Å². The number of ether oxygens (including phenoxy) is 2. The predicted molar refractivity (Wildman–Crippen MR) is 65.4 cm³/mol. The minimum atomic E-state index is -0.488. The smallest absolute Gasteiger partial charge is 0.135 e. The molecule has 0 aromatic heterocycles. The minimum absolute atomic E-state index is 0.139. The molecule has 0 radical (unpaired) electrons. The van der Waals surface area contributed by atoms with Crippen molar-refractivity contribution in [2.75, 3.05) is 7.11 Å². The van der Waals surface area contributed by atoms with Crippen molar-refractivity contribution in [3.8, 4) is 17.2 Å². The first kappa shape index (κ1) is 12.4. The standard InChI is InChI=1S/C14H13FO3/c1-17-10-4-2-5-11(8-10)18-14-7-3-6-13(15)12(14)9-16/h2-8,16H,9H2,1H3. The lowest BCUT2D eigenvalue weighted by Crippen LogP contribution is -1.95. The Morgan fingerprint density at radius 3 is 2.56 bits per heavy atom. The third kappa shape index (κ3) is 2.60. The van der Waals surface area contributed by atoms with Crippen molar-refractivity contribution in [2.24, 2.45) is 0 Å². The van der Waals surface area contributed by atoms with E-state index in [2.05, 4.69) is 0 Å². The number of rotatable bonds is 4. The molecule has 1 N–H and O–H groups in total. The number of hydrogen-bond acceptors (Lipinski definition) is 3. The van der Waals surface area contributed by atoms with E-state index in [1.165, 1.54) is 12.1 Å². The van der Waals surface area contributed by atoms with Gasteiger partial charge in [-0.15, -0.1) is 0 Å². The molecule has 18 heavy (non-hydrogen) atoms. The number of benzene rings is 2. The number of aliphatic hydroxyl groups is 1. The Morgan fingerprint density at radius 1 is 1.11 bits per heavy atom. The molecule has 0 aliphatic heterocycles. The topological polar surface area (TPSA) is 38.7 Å². The summed E-state index contributed by atoms with van der Waals surface area (Å²) in [6.07, 6.45) is 0. The van der Waals surface area contributed by atoms with Gasteiger partial charge in [-0.3, -0.25) is 0 Å². The number of halogens is 1. The van der Waals surface area contributed by atoms with Gasteiger partial charge in [0, 0.05) is 6.07 Å². The average Bonchev–Trinajstić information content (AvgIpc) is 2.39. The highest BCUT2D eigenvalue weighted by Gasteiger charge is 2.09. The summed E-state index contributed by atoms with van der Waals surface area (Å²) in [4.78, 5) is 0. The zero-order valence-electron chi connectivity index (χ0n) is 9.89. The summed E-state index contributed by atoms with van der Waals surface area (Å²) >= 11 is 0. The molecule has 0 atom stereocenters. The number of aliphatic hydroxyl groups excluding tert-OH is 1. The second-order valence-corrected chi connectivity index (χ2v) is 3.66. The lowest BCUT2D eigenvalue weighted by atomic mass is 10.2. The maximum atomic E-state index is 13.4. The highest BCUT2D eigenvalue weighted by Crippen LogP contribution is 2.29. The normalized spacial score (nSPS) is 10.2. The van der Waals surface area contributed by atoms with Crippen LogP contribution in [0.5, 0.6) is 17.2 Å². The summed E-state index contributed by atoms with van der Waals surface area (Å²) < 4.78 is 24.0. The molecule has 2 aromatic rings. The number of hydrogen-bond donors (Lipinski definition) is 1. The molecule has 0 saturated heterocycles. The van der Waals surface area contributed by atoms with Gasteiger partial charge in [0.2, 0.25) is 0 Å². The van der Waals surface area contributed by atoms with Crippen molar-refractivity contribution < 1.29 is 19.0 Å². The number of methoxy groups -OCH3 is 1. The molecule has 94 valence electrons.